The maximum atomic E-state index is 11.7. The molecule has 0 saturated carbocycles. The van der Waals surface area contributed by atoms with Gasteiger partial charge < -0.3 is 16.2 Å². The molecule has 1 aromatic carbocycles. The Bertz CT molecular complexity index is 396. The summed E-state index contributed by atoms with van der Waals surface area (Å²) in [5.41, 5.74) is 6.12. The second kappa shape index (κ2) is 5.84. The normalized spacial score (nSPS) is 11.6. The molecule has 0 saturated heterocycles. The number of rotatable bonds is 5. The van der Waals surface area contributed by atoms with Gasteiger partial charge in [0.15, 0.2) is 0 Å². The van der Waals surface area contributed by atoms with E-state index in [1.54, 1.807) is 50.1 Å². The van der Waals surface area contributed by atoms with Crippen LogP contribution in [0.5, 0.6) is 0 Å². The molecule has 0 heterocycles. The number of anilines is 2. The minimum atomic E-state index is -0.809. The van der Waals surface area contributed by atoms with E-state index < -0.39 is 5.60 Å². The van der Waals surface area contributed by atoms with E-state index in [4.69, 9.17) is 5.73 Å². The number of likely N-dealkylation sites (N-methyl/N-ethyl adjacent to an activating group) is 1. The van der Waals surface area contributed by atoms with Gasteiger partial charge in [-0.3, -0.25) is 9.69 Å². The molecule has 0 spiro atoms. The molecule has 5 nitrogen and oxygen atoms in total. The Kier molecular flexibility index (Phi) is 4.69. The summed E-state index contributed by atoms with van der Waals surface area (Å²) in [4.78, 5) is 13.5. The Morgan fingerprint density at radius 1 is 1.39 bits per heavy atom. The Labute approximate surface area is 108 Å². The molecule has 0 aromatic heterocycles. The molecule has 5 heteroatoms. The van der Waals surface area contributed by atoms with Crippen molar-refractivity contribution < 1.29 is 9.90 Å². The predicted octanol–water partition coefficient (Wildman–Crippen LogP) is 0.910. The molecule has 0 radical (unpaired) electrons. The van der Waals surface area contributed by atoms with Crippen LogP contribution < -0.4 is 11.1 Å². The summed E-state index contributed by atoms with van der Waals surface area (Å²) in [6, 6.07) is 6.97. The van der Waals surface area contributed by atoms with Crippen LogP contribution in [0.4, 0.5) is 11.4 Å². The zero-order valence-corrected chi connectivity index (χ0v) is 11.1. The van der Waals surface area contributed by atoms with E-state index in [9.17, 15) is 9.90 Å². The van der Waals surface area contributed by atoms with Gasteiger partial charge >= 0.3 is 0 Å². The Morgan fingerprint density at radius 3 is 2.44 bits per heavy atom. The summed E-state index contributed by atoms with van der Waals surface area (Å²) < 4.78 is 0. The lowest BCUT2D eigenvalue weighted by molar-refractivity contribution is -0.117. The zero-order valence-electron chi connectivity index (χ0n) is 11.1. The fourth-order valence-electron chi connectivity index (χ4n) is 1.73. The number of hydrogen-bond donors (Lipinski definition) is 3. The van der Waals surface area contributed by atoms with Crippen molar-refractivity contribution in [3.05, 3.63) is 24.3 Å². The standard InChI is InChI=1S/C13H21N3O2/c1-13(2,18)9-16(3)8-12(17)15-11-6-4-10(14)5-7-11/h4-7,18H,8-9,14H2,1-3H3,(H,15,17). The first kappa shape index (κ1) is 14.5. The maximum absolute atomic E-state index is 11.7. The van der Waals surface area contributed by atoms with Crippen molar-refractivity contribution >= 4 is 17.3 Å². The highest BCUT2D eigenvalue weighted by molar-refractivity contribution is 5.92. The number of benzene rings is 1. The third-order valence-electron chi connectivity index (χ3n) is 2.26. The Hall–Kier alpha value is -1.59. The third kappa shape index (κ3) is 5.65. The second-order valence-electron chi connectivity index (χ2n) is 5.15. The largest absolute Gasteiger partial charge is 0.399 e. The number of nitrogen functional groups attached to an aromatic ring is 1. The first-order valence-electron chi connectivity index (χ1n) is 5.82. The molecule has 0 atom stereocenters. The molecule has 1 aromatic rings. The molecule has 0 fully saturated rings. The van der Waals surface area contributed by atoms with Crippen LogP contribution in [0.3, 0.4) is 0 Å². The number of nitrogens with two attached hydrogens (primary N) is 1. The average molecular weight is 251 g/mol. The molecule has 1 amide bonds. The zero-order chi connectivity index (χ0) is 13.8. The van der Waals surface area contributed by atoms with Crippen LogP contribution >= 0.6 is 0 Å². The second-order valence-corrected chi connectivity index (χ2v) is 5.15. The molecule has 1 rings (SSSR count). The van der Waals surface area contributed by atoms with Gasteiger partial charge in [-0.1, -0.05) is 0 Å². The van der Waals surface area contributed by atoms with Crippen LogP contribution in [0, 0.1) is 0 Å². The van der Waals surface area contributed by atoms with Crippen molar-refractivity contribution in [2.45, 2.75) is 19.4 Å². The molecule has 0 aliphatic rings. The summed E-state index contributed by atoms with van der Waals surface area (Å²) in [6.45, 7) is 4.08. The predicted molar refractivity (Wildman–Crippen MR) is 73.3 cm³/mol. The van der Waals surface area contributed by atoms with Crippen LogP contribution in [-0.2, 0) is 4.79 Å². The van der Waals surface area contributed by atoms with E-state index in [1.165, 1.54) is 0 Å². The number of hydrogen-bond acceptors (Lipinski definition) is 4. The van der Waals surface area contributed by atoms with Crippen molar-refractivity contribution in [2.24, 2.45) is 0 Å². The summed E-state index contributed by atoms with van der Waals surface area (Å²) in [5.74, 6) is -0.119. The lowest BCUT2D eigenvalue weighted by atomic mass is 10.1. The highest BCUT2D eigenvalue weighted by Crippen LogP contribution is 2.10. The van der Waals surface area contributed by atoms with Crippen molar-refractivity contribution in [2.75, 3.05) is 31.2 Å². The average Bonchev–Trinajstić information content (AvgIpc) is 2.18. The van der Waals surface area contributed by atoms with Crippen molar-refractivity contribution in [3.8, 4) is 0 Å². The van der Waals surface area contributed by atoms with Crippen LogP contribution in [0.15, 0.2) is 24.3 Å². The fourth-order valence-corrected chi connectivity index (χ4v) is 1.73. The monoisotopic (exact) mass is 251 g/mol. The van der Waals surface area contributed by atoms with Gasteiger partial charge in [-0.2, -0.15) is 0 Å². The quantitative estimate of drug-likeness (QED) is 0.680. The van der Waals surface area contributed by atoms with E-state index in [0.29, 0.717) is 17.9 Å². The molecule has 100 valence electrons. The number of nitrogens with one attached hydrogen (secondary N) is 1. The maximum Gasteiger partial charge on any atom is 0.238 e. The van der Waals surface area contributed by atoms with Crippen LogP contribution in [0.1, 0.15) is 13.8 Å². The topological polar surface area (TPSA) is 78.6 Å². The molecule has 4 N–H and O–H groups in total. The van der Waals surface area contributed by atoms with Gasteiger partial charge in [-0.15, -0.1) is 0 Å². The van der Waals surface area contributed by atoms with E-state index >= 15 is 0 Å². The fraction of sp³-hybridized carbons (Fsp3) is 0.462. The molecule has 0 unspecified atom stereocenters. The summed E-state index contributed by atoms with van der Waals surface area (Å²) in [6.07, 6.45) is 0. The Balaban J connectivity index is 2.44. The summed E-state index contributed by atoms with van der Waals surface area (Å²) >= 11 is 0. The molecule has 0 aliphatic carbocycles. The third-order valence-corrected chi connectivity index (χ3v) is 2.26. The van der Waals surface area contributed by atoms with E-state index in [2.05, 4.69) is 5.32 Å². The minimum absolute atomic E-state index is 0.119. The summed E-state index contributed by atoms with van der Waals surface area (Å²) in [5, 5.41) is 12.4. The lowest BCUT2D eigenvalue weighted by Gasteiger charge is -2.24. The van der Waals surface area contributed by atoms with Crippen LogP contribution in [0.2, 0.25) is 0 Å². The minimum Gasteiger partial charge on any atom is -0.399 e. The number of aliphatic hydroxyl groups is 1. The van der Waals surface area contributed by atoms with Gasteiger partial charge in [0, 0.05) is 17.9 Å². The number of carbonyl (C=O) groups excluding carboxylic acids is 1. The Morgan fingerprint density at radius 2 is 1.94 bits per heavy atom. The van der Waals surface area contributed by atoms with Crippen molar-refractivity contribution in [1.82, 2.24) is 4.90 Å². The molecule has 18 heavy (non-hydrogen) atoms. The van der Waals surface area contributed by atoms with Gasteiger partial charge in [0.2, 0.25) is 5.91 Å². The lowest BCUT2D eigenvalue weighted by Crippen LogP contribution is -2.40. The van der Waals surface area contributed by atoms with E-state index in [1.807, 2.05) is 0 Å². The van der Waals surface area contributed by atoms with Crippen LogP contribution in [0.25, 0.3) is 0 Å². The van der Waals surface area contributed by atoms with Gasteiger partial charge in [-0.05, 0) is 45.2 Å². The highest BCUT2D eigenvalue weighted by atomic mass is 16.3. The summed E-state index contributed by atoms with van der Waals surface area (Å²) in [7, 11) is 1.79. The SMILES string of the molecule is CN(CC(=O)Nc1ccc(N)cc1)CC(C)(C)O. The van der Waals surface area contributed by atoms with E-state index in [0.717, 1.165) is 0 Å². The van der Waals surface area contributed by atoms with Gasteiger partial charge in [-0.25, -0.2) is 0 Å². The number of nitrogens with zero attached hydrogens (tertiary/aromatic N) is 1. The van der Waals surface area contributed by atoms with Crippen molar-refractivity contribution in [3.63, 3.8) is 0 Å². The van der Waals surface area contributed by atoms with Crippen LogP contribution in [-0.4, -0.2) is 41.7 Å². The molecule has 0 bridgehead atoms. The highest BCUT2D eigenvalue weighted by Gasteiger charge is 2.17. The molecular formula is C13H21N3O2. The number of amides is 1. The van der Waals surface area contributed by atoms with Gasteiger partial charge in [0.25, 0.3) is 0 Å². The first-order valence-corrected chi connectivity index (χ1v) is 5.82. The van der Waals surface area contributed by atoms with Crippen molar-refractivity contribution in [1.29, 1.82) is 0 Å². The first-order chi connectivity index (χ1) is 8.26. The smallest absolute Gasteiger partial charge is 0.238 e. The molecule has 0 aliphatic heterocycles. The van der Waals surface area contributed by atoms with E-state index in [-0.39, 0.29) is 12.5 Å². The molecular weight excluding hydrogens is 230 g/mol. The van der Waals surface area contributed by atoms with Gasteiger partial charge in [0.1, 0.15) is 0 Å². The number of carbonyl (C=O) groups is 1. The van der Waals surface area contributed by atoms with Gasteiger partial charge in [0.05, 0.1) is 12.1 Å².